The maximum Gasteiger partial charge on any atom is 0.0830 e. The van der Waals surface area contributed by atoms with E-state index >= 15 is 0 Å². The van der Waals surface area contributed by atoms with E-state index in [9.17, 15) is 0 Å². The average molecular weight is 155 g/mol. The molecule has 11 heavy (non-hydrogen) atoms. The fourth-order valence-corrected chi connectivity index (χ4v) is 0.910. The molecular weight excluding hydrogens is 142 g/mol. The summed E-state index contributed by atoms with van der Waals surface area (Å²) in [4.78, 5) is 0. The van der Waals surface area contributed by atoms with E-state index in [2.05, 4.69) is 10.3 Å². The Morgan fingerprint density at radius 2 is 2.45 bits per heavy atom. The zero-order valence-corrected chi connectivity index (χ0v) is 6.86. The maximum absolute atomic E-state index is 8.75. The van der Waals surface area contributed by atoms with E-state index in [1.54, 1.807) is 4.68 Å². The number of aryl methyl sites for hydroxylation is 1. The van der Waals surface area contributed by atoms with Gasteiger partial charge in [0.2, 0.25) is 0 Å². The highest BCUT2D eigenvalue weighted by Crippen LogP contribution is 2.02. The van der Waals surface area contributed by atoms with Gasteiger partial charge in [-0.05, 0) is 12.3 Å². The summed E-state index contributed by atoms with van der Waals surface area (Å²) in [5.41, 5.74) is 0.939. The van der Waals surface area contributed by atoms with Gasteiger partial charge < -0.3 is 5.11 Å². The largest absolute Gasteiger partial charge is 0.396 e. The minimum Gasteiger partial charge on any atom is -0.396 e. The number of aliphatic hydroxyl groups is 1. The number of hydrogen-bond acceptors (Lipinski definition) is 3. The third-order valence-corrected chi connectivity index (χ3v) is 1.52. The lowest BCUT2D eigenvalue weighted by molar-refractivity contribution is 0.236. The van der Waals surface area contributed by atoms with Gasteiger partial charge in [0.05, 0.1) is 5.69 Å². The zero-order valence-electron chi connectivity index (χ0n) is 6.86. The minimum atomic E-state index is 0.205. The van der Waals surface area contributed by atoms with Crippen LogP contribution in [0, 0.1) is 5.92 Å². The molecule has 1 rings (SSSR count). The molecule has 0 aliphatic rings. The van der Waals surface area contributed by atoms with Crippen LogP contribution < -0.4 is 0 Å². The van der Waals surface area contributed by atoms with Crippen molar-refractivity contribution in [2.45, 2.75) is 13.3 Å². The Balaban J connectivity index is 2.50. The fraction of sp³-hybridized carbons (Fsp3) is 0.714. The maximum atomic E-state index is 8.75. The quantitative estimate of drug-likeness (QED) is 0.667. The zero-order chi connectivity index (χ0) is 8.27. The van der Waals surface area contributed by atoms with Crippen LogP contribution in [0.2, 0.25) is 0 Å². The van der Waals surface area contributed by atoms with Crippen LogP contribution in [-0.2, 0) is 13.5 Å². The topological polar surface area (TPSA) is 50.9 Å². The molecule has 0 amide bonds. The molecular formula is C7H13N3O. The molecule has 62 valence electrons. The van der Waals surface area contributed by atoms with Crippen LogP contribution in [-0.4, -0.2) is 26.7 Å². The molecule has 0 aliphatic heterocycles. The molecule has 0 fully saturated rings. The molecule has 0 aromatic carbocycles. The van der Waals surface area contributed by atoms with E-state index in [0.29, 0.717) is 0 Å². The SMILES string of the molecule is CC(CO)Cc1cn(C)nn1. The van der Waals surface area contributed by atoms with Crippen molar-refractivity contribution in [2.75, 3.05) is 6.61 Å². The Morgan fingerprint density at radius 1 is 1.73 bits per heavy atom. The van der Waals surface area contributed by atoms with Gasteiger partial charge in [-0.2, -0.15) is 0 Å². The van der Waals surface area contributed by atoms with E-state index in [-0.39, 0.29) is 12.5 Å². The van der Waals surface area contributed by atoms with Crippen molar-refractivity contribution >= 4 is 0 Å². The predicted molar refractivity (Wildman–Crippen MR) is 41.0 cm³/mol. The van der Waals surface area contributed by atoms with Crippen LogP contribution in [0.25, 0.3) is 0 Å². The predicted octanol–water partition coefficient (Wildman–Crippen LogP) is -0.0140. The van der Waals surface area contributed by atoms with Crippen molar-refractivity contribution in [2.24, 2.45) is 13.0 Å². The van der Waals surface area contributed by atoms with Gasteiger partial charge in [-0.1, -0.05) is 12.1 Å². The first-order chi connectivity index (χ1) is 5.22. The molecule has 4 heteroatoms. The van der Waals surface area contributed by atoms with Crippen molar-refractivity contribution in [3.8, 4) is 0 Å². The Bertz CT molecular complexity index is 221. The highest BCUT2D eigenvalue weighted by Gasteiger charge is 2.04. The summed E-state index contributed by atoms with van der Waals surface area (Å²) < 4.78 is 1.67. The molecule has 1 N–H and O–H groups in total. The Hall–Kier alpha value is -0.900. The Kier molecular flexibility index (Phi) is 2.59. The van der Waals surface area contributed by atoms with Gasteiger partial charge in [-0.25, -0.2) is 0 Å². The molecule has 4 nitrogen and oxygen atoms in total. The van der Waals surface area contributed by atoms with E-state index < -0.39 is 0 Å². The number of hydrogen-bond donors (Lipinski definition) is 1. The molecule has 1 atom stereocenters. The van der Waals surface area contributed by atoms with Crippen LogP contribution in [0.3, 0.4) is 0 Å². The molecule has 0 radical (unpaired) electrons. The number of nitrogens with zero attached hydrogens (tertiary/aromatic N) is 3. The van der Waals surface area contributed by atoms with E-state index in [1.807, 2.05) is 20.2 Å². The lowest BCUT2D eigenvalue weighted by atomic mass is 10.1. The van der Waals surface area contributed by atoms with Gasteiger partial charge in [-0.3, -0.25) is 4.68 Å². The van der Waals surface area contributed by atoms with Crippen molar-refractivity contribution in [1.29, 1.82) is 0 Å². The third-order valence-electron chi connectivity index (χ3n) is 1.52. The van der Waals surface area contributed by atoms with Crippen molar-refractivity contribution < 1.29 is 5.11 Å². The molecule has 0 aliphatic carbocycles. The second-order valence-electron chi connectivity index (χ2n) is 2.88. The molecule has 0 saturated carbocycles. The molecule has 1 unspecified atom stereocenters. The van der Waals surface area contributed by atoms with Crippen LogP contribution in [0.4, 0.5) is 0 Å². The highest BCUT2D eigenvalue weighted by atomic mass is 16.3. The first kappa shape index (κ1) is 8.20. The Morgan fingerprint density at radius 3 is 2.91 bits per heavy atom. The van der Waals surface area contributed by atoms with Gasteiger partial charge in [0.25, 0.3) is 0 Å². The fourth-order valence-electron chi connectivity index (χ4n) is 0.910. The van der Waals surface area contributed by atoms with E-state index in [4.69, 9.17) is 5.11 Å². The first-order valence-corrected chi connectivity index (χ1v) is 3.68. The second kappa shape index (κ2) is 3.48. The van der Waals surface area contributed by atoms with Gasteiger partial charge in [0.1, 0.15) is 0 Å². The van der Waals surface area contributed by atoms with Crippen molar-refractivity contribution in [3.63, 3.8) is 0 Å². The van der Waals surface area contributed by atoms with Crippen LogP contribution >= 0.6 is 0 Å². The summed E-state index contributed by atoms with van der Waals surface area (Å²) in [6, 6.07) is 0. The first-order valence-electron chi connectivity index (χ1n) is 3.68. The molecule has 1 aromatic heterocycles. The van der Waals surface area contributed by atoms with Crippen molar-refractivity contribution in [1.82, 2.24) is 15.0 Å². The average Bonchev–Trinajstić information content (AvgIpc) is 2.35. The summed E-state index contributed by atoms with van der Waals surface area (Å²) in [5, 5.41) is 16.4. The lowest BCUT2D eigenvalue weighted by Crippen LogP contribution is -2.04. The normalized spacial score (nSPS) is 13.4. The highest BCUT2D eigenvalue weighted by molar-refractivity contribution is 4.92. The van der Waals surface area contributed by atoms with Crippen LogP contribution in [0.1, 0.15) is 12.6 Å². The second-order valence-corrected chi connectivity index (χ2v) is 2.88. The van der Waals surface area contributed by atoms with E-state index in [1.165, 1.54) is 0 Å². The van der Waals surface area contributed by atoms with Gasteiger partial charge in [0.15, 0.2) is 0 Å². The molecule has 1 heterocycles. The standard InChI is InChI=1S/C7H13N3O/c1-6(5-11)3-7-4-10(2)9-8-7/h4,6,11H,3,5H2,1-2H3. The monoisotopic (exact) mass is 155 g/mol. The Labute approximate surface area is 65.8 Å². The van der Waals surface area contributed by atoms with Gasteiger partial charge in [-0.15, -0.1) is 5.10 Å². The summed E-state index contributed by atoms with van der Waals surface area (Å²) in [6.45, 7) is 2.19. The van der Waals surface area contributed by atoms with E-state index in [0.717, 1.165) is 12.1 Å². The number of aliphatic hydroxyl groups excluding tert-OH is 1. The van der Waals surface area contributed by atoms with Crippen LogP contribution in [0.15, 0.2) is 6.20 Å². The van der Waals surface area contributed by atoms with Crippen molar-refractivity contribution in [3.05, 3.63) is 11.9 Å². The molecule has 1 aromatic rings. The minimum absolute atomic E-state index is 0.205. The number of aromatic nitrogens is 3. The van der Waals surface area contributed by atoms with Crippen LogP contribution in [0.5, 0.6) is 0 Å². The smallest absolute Gasteiger partial charge is 0.0830 e. The summed E-state index contributed by atoms with van der Waals surface area (Å²) in [6.07, 6.45) is 2.66. The lowest BCUT2D eigenvalue weighted by Gasteiger charge is -2.02. The molecule has 0 spiro atoms. The van der Waals surface area contributed by atoms with Gasteiger partial charge in [0, 0.05) is 19.9 Å². The summed E-state index contributed by atoms with van der Waals surface area (Å²) in [5.74, 6) is 0.270. The summed E-state index contributed by atoms with van der Waals surface area (Å²) in [7, 11) is 1.83. The summed E-state index contributed by atoms with van der Waals surface area (Å²) >= 11 is 0. The molecule has 0 saturated heterocycles. The van der Waals surface area contributed by atoms with Gasteiger partial charge >= 0.3 is 0 Å². The number of rotatable bonds is 3. The third kappa shape index (κ3) is 2.31. The molecule has 0 bridgehead atoms.